The van der Waals surface area contributed by atoms with Gasteiger partial charge in [0.1, 0.15) is 18.2 Å². The van der Waals surface area contributed by atoms with E-state index in [1.54, 1.807) is 17.7 Å². The van der Waals surface area contributed by atoms with Crippen molar-refractivity contribution in [1.82, 2.24) is 16.0 Å². The van der Waals surface area contributed by atoms with Gasteiger partial charge in [0.2, 0.25) is 17.7 Å². The number of esters is 1. The van der Waals surface area contributed by atoms with Crippen LogP contribution in [-0.2, 0) is 23.9 Å². The molecular weight excluding hydrogens is 502 g/mol. The number of amides is 3. The molecule has 0 saturated carbocycles. The lowest BCUT2D eigenvalue weighted by Crippen LogP contribution is -2.58. The third-order valence-electron chi connectivity index (χ3n) is 6.02. The maximum atomic E-state index is 13.3. The van der Waals surface area contributed by atoms with E-state index >= 15 is 0 Å². The summed E-state index contributed by atoms with van der Waals surface area (Å²) in [5.41, 5.74) is 0. The normalized spacial score (nSPS) is 27.5. The highest BCUT2D eigenvalue weighted by Gasteiger charge is 2.33. The Bertz CT molecular complexity index is 739. The van der Waals surface area contributed by atoms with Crippen LogP contribution in [0.5, 0.6) is 0 Å². The summed E-state index contributed by atoms with van der Waals surface area (Å²) in [5.74, 6) is -0.958. The summed E-state index contributed by atoms with van der Waals surface area (Å²) in [4.78, 5) is 51.6. The summed E-state index contributed by atoms with van der Waals surface area (Å²) in [6, 6.07) is -2.39. The summed E-state index contributed by atoms with van der Waals surface area (Å²) in [6.45, 7) is 11.1. The maximum absolute atomic E-state index is 13.3. The molecule has 6 atom stereocenters. The number of allylic oxidation sites excluding steroid dienone is 1. The highest BCUT2D eigenvalue weighted by atomic mass is 33.1. The minimum absolute atomic E-state index is 0.108. The van der Waals surface area contributed by atoms with Crippen molar-refractivity contribution >= 4 is 45.3 Å². The first-order valence-corrected chi connectivity index (χ1v) is 15.2. The molecule has 4 N–H and O–H groups in total. The molecule has 0 spiro atoms. The molecule has 1 heterocycles. The van der Waals surface area contributed by atoms with Crippen LogP contribution in [0, 0.1) is 5.92 Å². The summed E-state index contributed by atoms with van der Waals surface area (Å²) in [6.07, 6.45) is 2.95. The fourth-order valence-electron chi connectivity index (χ4n) is 3.70. The van der Waals surface area contributed by atoms with Crippen LogP contribution in [0.2, 0.25) is 0 Å². The monoisotopic (exact) mass is 545 g/mol. The maximum Gasteiger partial charge on any atom is 0.308 e. The zero-order valence-electron chi connectivity index (χ0n) is 21.9. The van der Waals surface area contributed by atoms with E-state index in [2.05, 4.69) is 22.5 Å². The standard InChI is InChI=1S/C25H43N3O6S2/c1-6-9-11-18-24(32)27-19(15-36-35-12-10-7-2)25(33)28-23(16(4)8-3)20(29)14-22(31)34-17(5)13-21(30)26-18/h7,16-20,23,29H,2,6,8-15H2,1,3-5H3,(H,26,30)(H,27,32)(H,28,33)/t16?,17-,18-,19-,20+,23-/m1/s1. The van der Waals surface area contributed by atoms with Crippen molar-refractivity contribution in [3.05, 3.63) is 12.7 Å². The molecule has 9 nitrogen and oxygen atoms in total. The number of cyclic esters (lactones) is 1. The Labute approximate surface area is 223 Å². The van der Waals surface area contributed by atoms with Crippen LogP contribution in [0.1, 0.15) is 72.6 Å². The van der Waals surface area contributed by atoms with E-state index in [1.165, 1.54) is 10.8 Å². The molecule has 0 aromatic rings. The van der Waals surface area contributed by atoms with E-state index in [0.717, 1.165) is 18.6 Å². The lowest BCUT2D eigenvalue weighted by atomic mass is 9.92. The van der Waals surface area contributed by atoms with Gasteiger partial charge in [-0.25, -0.2) is 0 Å². The zero-order chi connectivity index (χ0) is 27.1. The number of hydrogen-bond acceptors (Lipinski definition) is 8. The number of hydrogen-bond donors (Lipinski definition) is 4. The summed E-state index contributed by atoms with van der Waals surface area (Å²) in [7, 11) is 3.03. The third kappa shape index (κ3) is 12.0. The first-order valence-electron chi connectivity index (χ1n) is 12.8. The predicted octanol–water partition coefficient (Wildman–Crippen LogP) is 2.72. The van der Waals surface area contributed by atoms with Gasteiger partial charge < -0.3 is 25.8 Å². The average Bonchev–Trinajstić information content (AvgIpc) is 2.82. The number of unbranched alkanes of at least 4 members (excludes halogenated alkanes) is 1. The number of aliphatic hydroxyl groups excluding tert-OH is 1. The highest BCUT2D eigenvalue weighted by molar-refractivity contribution is 8.76. The lowest BCUT2D eigenvalue weighted by Gasteiger charge is -2.31. The van der Waals surface area contributed by atoms with Crippen LogP contribution in [0.15, 0.2) is 12.7 Å². The van der Waals surface area contributed by atoms with Crippen LogP contribution >= 0.6 is 21.6 Å². The molecule has 1 fully saturated rings. The van der Waals surface area contributed by atoms with Gasteiger partial charge in [-0.05, 0) is 25.7 Å². The second-order valence-corrected chi connectivity index (χ2v) is 11.8. The number of nitrogens with one attached hydrogen (secondary N) is 3. The smallest absolute Gasteiger partial charge is 0.308 e. The van der Waals surface area contributed by atoms with Gasteiger partial charge in [0.25, 0.3) is 0 Å². The second kappa shape index (κ2) is 17.7. The number of aliphatic hydroxyl groups is 1. The molecular formula is C25H43N3O6S2. The molecule has 0 aromatic carbocycles. The van der Waals surface area contributed by atoms with Crippen molar-refractivity contribution in [2.75, 3.05) is 11.5 Å². The molecule has 11 heteroatoms. The zero-order valence-corrected chi connectivity index (χ0v) is 23.6. The molecule has 0 aliphatic carbocycles. The van der Waals surface area contributed by atoms with Gasteiger partial charge in [0.05, 0.1) is 25.0 Å². The SMILES string of the molecule is C=CCCSSC[C@H]1NC(=O)[C@@H](CCCC)NC(=O)C[C@@H](C)OC(=O)C[C@H](O)[C@@H](C(C)CC)NC1=O. The molecule has 0 bridgehead atoms. The largest absolute Gasteiger partial charge is 0.462 e. The highest BCUT2D eigenvalue weighted by Crippen LogP contribution is 2.23. The molecule has 1 saturated heterocycles. The Balaban J connectivity index is 3.23. The van der Waals surface area contributed by atoms with E-state index in [9.17, 15) is 24.3 Å². The Morgan fingerprint density at radius 3 is 2.42 bits per heavy atom. The van der Waals surface area contributed by atoms with E-state index in [1.807, 2.05) is 26.8 Å². The molecule has 0 radical (unpaired) electrons. The van der Waals surface area contributed by atoms with Gasteiger partial charge in [-0.3, -0.25) is 19.2 Å². The summed E-state index contributed by atoms with van der Waals surface area (Å²) in [5, 5.41) is 19.2. The molecule has 1 aliphatic rings. The molecule has 206 valence electrons. The van der Waals surface area contributed by atoms with Crippen molar-refractivity contribution in [2.24, 2.45) is 5.92 Å². The van der Waals surface area contributed by atoms with Gasteiger partial charge >= 0.3 is 5.97 Å². The molecule has 1 aliphatic heterocycles. The average molecular weight is 546 g/mol. The summed E-state index contributed by atoms with van der Waals surface area (Å²) >= 11 is 0. The van der Waals surface area contributed by atoms with Gasteiger partial charge in [-0.15, -0.1) is 6.58 Å². The van der Waals surface area contributed by atoms with Crippen molar-refractivity contribution in [3.63, 3.8) is 0 Å². The topological polar surface area (TPSA) is 134 Å². The minimum Gasteiger partial charge on any atom is -0.462 e. The van der Waals surface area contributed by atoms with Crippen LogP contribution in [0.25, 0.3) is 0 Å². The number of carbonyl (C=O) groups excluding carboxylic acids is 4. The fourth-order valence-corrected chi connectivity index (χ4v) is 5.89. The molecule has 0 aromatic heterocycles. The van der Waals surface area contributed by atoms with E-state index in [4.69, 9.17) is 4.74 Å². The van der Waals surface area contributed by atoms with Gasteiger partial charge in [0, 0.05) is 11.5 Å². The van der Waals surface area contributed by atoms with Crippen LogP contribution in [0.3, 0.4) is 0 Å². The number of carbonyl (C=O) groups is 4. The van der Waals surface area contributed by atoms with Gasteiger partial charge in [0.15, 0.2) is 0 Å². The lowest BCUT2D eigenvalue weighted by molar-refractivity contribution is -0.152. The Hall–Kier alpha value is -1.72. The van der Waals surface area contributed by atoms with Crippen molar-refractivity contribution in [2.45, 2.75) is 103 Å². The van der Waals surface area contributed by atoms with Crippen LogP contribution < -0.4 is 16.0 Å². The van der Waals surface area contributed by atoms with E-state index in [-0.39, 0.29) is 18.8 Å². The first kappa shape index (κ1) is 32.3. The Morgan fingerprint density at radius 1 is 1.08 bits per heavy atom. The van der Waals surface area contributed by atoms with Gasteiger partial charge in [-0.1, -0.05) is 67.7 Å². The summed E-state index contributed by atoms with van der Waals surface area (Å²) < 4.78 is 5.32. The number of ether oxygens (including phenoxy) is 1. The van der Waals surface area contributed by atoms with Gasteiger partial charge in [-0.2, -0.15) is 0 Å². The molecule has 1 unspecified atom stereocenters. The minimum atomic E-state index is -1.18. The fraction of sp³-hybridized carbons (Fsp3) is 0.760. The number of rotatable bonds is 11. The Morgan fingerprint density at radius 2 is 1.78 bits per heavy atom. The van der Waals surface area contributed by atoms with E-state index < -0.39 is 54.0 Å². The molecule has 1 rings (SSSR count). The van der Waals surface area contributed by atoms with Crippen LogP contribution in [-0.4, -0.2) is 70.6 Å². The predicted molar refractivity (Wildman–Crippen MR) is 145 cm³/mol. The van der Waals surface area contributed by atoms with Crippen molar-refractivity contribution in [3.8, 4) is 0 Å². The quantitative estimate of drug-likeness (QED) is 0.135. The molecule has 36 heavy (non-hydrogen) atoms. The van der Waals surface area contributed by atoms with E-state index in [0.29, 0.717) is 25.0 Å². The molecule has 3 amide bonds. The third-order valence-corrected chi connectivity index (χ3v) is 8.46. The second-order valence-electron chi connectivity index (χ2n) is 9.20. The Kier molecular flexibility index (Phi) is 15.9. The van der Waals surface area contributed by atoms with Crippen LogP contribution in [0.4, 0.5) is 0 Å². The van der Waals surface area contributed by atoms with Crippen molar-refractivity contribution < 1.29 is 29.0 Å². The van der Waals surface area contributed by atoms with Crippen molar-refractivity contribution in [1.29, 1.82) is 0 Å². The first-order chi connectivity index (χ1) is 17.1.